The van der Waals surface area contributed by atoms with Crippen molar-refractivity contribution >= 4 is 23.2 Å². The number of benzene rings is 1. The minimum Gasteiger partial charge on any atom is -0.390 e. The number of halogens is 2. The zero-order chi connectivity index (χ0) is 13.8. The van der Waals surface area contributed by atoms with E-state index in [0.29, 0.717) is 27.3 Å². The van der Waals surface area contributed by atoms with Crippen LogP contribution in [0.4, 0.5) is 0 Å². The molecule has 0 aliphatic rings. The molecule has 0 fully saturated rings. The smallest absolute Gasteiger partial charge is 0.229 e. The summed E-state index contributed by atoms with van der Waals surface area (Å²) >= 11 is 11.8. The second-order valence-electron chi connectivity index (χ2n) is 3.95. The van der Waals surface area contributed by atoms with E-state index < -0.39 is 6.10 Å². The molecule has 2 rings (SSSR count). The van der Waals surface area contributed by atoms with E-state index in [-0.39, 0.29) is 13.0 Å². The van der Waals surface area contributed by atoms with Crippen LogP contribution in [-0.4, -0.2) is 35.1 Å². The summed E-state index contributed by atoms with van der Waals surface area (Å²) in [6.45, 7) is 0.213. The molecule has 1 aromatic heterocycles. The lowest BCUT2D eigenvalue weighted by Gasteiger charge is -2.04. The van der Waals surface area contributed by atoms with Gasteiger partial charge in [0.15, 0.2) is 0 Å². The van der Waals surface area contributed by atoms with Gasteiger partial charge in [-0.1, -0.05) is 28.4 Å². The first kappa shape index (κ1) is 14.3. The molecule has 1 aromatic carbocycles. The van der Waals surface area contributed by atoms with Crippen LogP contribution < -0.4 is 0 Å². The van der Waals surface area contributed by atoms with Gasteiger partial charge in [-0.25, -0.2) is 0 Å². The fraction of sp³-hybridized carbons (Fsp3) is 0.333. The first-order valence-electron chi connectivity index (χ1n) is 5.55. The number of ether oxygens (including phenoxy) is 1. The third-order valence-corrected chi connectivity index (χ3v) is 3.15. The highest BCUT2D eigenvalue weighted by molar-refractivity contribution is 6.42. The maximum absolute atomic E-state index is 9.57. The number of hydrogen-bond acceptors (Lipinski definition) is 5. The molecule has 1 N–H and O–H groups in total. The minimum absolute atomic E-state index is 0.213. The predicted octanol–water partition coefficient (Wildman–Crippen LogP) is 2.59. The maximum atomic E-state index is 9.57. The van der Waals surface area contributed by atoms with Crippen molar-refractivity contribution in [1.82, 2.24) is 10.1 Å². The van der Waals surface area contributed by atoms with Gasteiger partial charge in [0.2, 0.25) is 11.7 Å². The lowest BCUT2D eigenvalue weighted by molar-refractivity contribution is 0.0599. The average molecular weight is 303 g/mol. The standard InChI is InChI=1S/C12H12Cl2N2O3/c1-18-6-8(17)5-11-15-12(16-19-11)7-2-3-9(13)10(14)4-7/h2-4,8,17H,5-6H2,1H3. The van der Waals surface area contributed by atoms with Gasteiger partial charge in [-0.3, -0.25) is 0 Å². The molecule has 1 heterocycles. The van der Waals surface area contributed by atoms with E-state index in [1.54, 1.807) is 18.2 Å². The molecule has 0 radical (unpaired) electrons. The summed E-state index contributed by atoms with van der Waals surface area (Å²) in [4.78, 5) is 4.18. The first-order valence-corrected chi connectivity index (χ1v) is 6.30. The quantitative estimate of drug-likeness (QED) is 0.919. The Morgan fingerprint density at radius 2 is 2.16 bits per heavy atom. The van der Waals surface area contributed by atoms with Gasteiger partial charge in [0.05, 0.1) is 29.2 Å². The lowest BCUT2D eigenvalue weighted by Crippen LogP contribution is -2.17. The molecule has 0 aliphatic heterocycles. The van der Waals surface area contributed by atoms with Crippen molar-refractivity contribution in [2.24, 2.45) is 0 Å². The molecule has 102 valence electrons. The molecule has 0 amide bonds. The van der Waals surface area contributed by atoms with E-state index in [0.717, 1.165) is 0 Å². The van der Waals surface area contributed by atoms with Gasteiger partial charge in [-0.05, 0) is 18.2 Å². The number of aliphatic hydroxyl groups excluding tert-OH is 1. The highest BCUT2D eigenvalue weighted by Gasteiger charge is 2.13. The van der Waals surface area contributed by atoms with E-state index >= 15 is 0 Å². The zero-order valence-electron chi connectivity index (χ0n) is 10.1. The van der Waals surface area contributed by atoms with Crippen LogP contribution in [0.15, 0.2) is 22.7 Å². The largest absolute Gasteiger partial charge is 0.390 e. The second kappa shape index (κ2) is 6.34. The highest BCUT2D eigenvalue weighted by Crippen LogP contribution is 2.27. The molecule has 7 heteroatoms. The summed E-state index contributed by atoms with van der Waals surface area (Å²) < 4.78 is 9.88. The Balaban J connectivity index is 2.14. The number of methoxy groups -OCH3 is 1. The van der Waals surface area contributed by atoms with Gasteiger partial charge >= 0.3 is 0 Å². The van der Waals surface area contributed by atoms with E-state index in [2.05, 4.69) is 10.1 Å². The number of rotatable bonds is 5. The fourth-order valence-corrected chi connectivity index (χ4v) is 1.84. The zero-order valence-corrected chi connectivity index (χ0v) is 11.6. The Bertz CT molecular complexity index is 560. The molecule has 0 aliphatic carbocycles. The Morgan fingerprint density at radius 3 is 2.84 bits per heavy atom. The normalized spacial score (nSPS) is 12.6. The monoisotopic (exact) mass is 302 g/mol. The van der Waals surface area contributed by atoms with Crippen molar-refractivity contribution in [3.8, 4) is 11.4 Å². The van der Waals surface area contributed by atoms with E-state index in [1.165, 1.54) is 7.11 Å². The predicted molar refractivity (Wildman–Crippen MR) is 71.3 cm³/mol. The third-order valence-electron chi connectivity index (χ3n) is 2.42. The molecule has 19 heavy (non-hydrogen) atoms. The van der Waals surface area contributed by atoms with Crippen LogP contribution >= 0.6 is 23.2 Å². The summed E-state index contributed by atoms with van der Waals surface area (Å²) in [5.41, 5.74) is 0.700. The lowest BCUT2D eigenvalue weighted by atomic mass is 10.2. The number of hydrogen-bond donors (Lipinski definition) is 1. The Morgan fingerprint density at radius 1 is 1.37 bits per heavy atom. The van der Waals surface area contributed by atoms with Crippen molar-refractivity contribution in [3.63, 3.8) is 0 Å². The van der Waals surface area contributed by atoms with Crippen LogP contribution in [0.3, 0.4) is 0 Å². The van der Waals surface area contributed by atoms with Gasteiger partial charge in [-0.2, -0.15) is 4.98 Å². The summed E-state index contributed by atoms with van der Waals surface area (Å²) in [6.07, 6.45) is -0.436. The van der Waals surface area contributed by atoms with Gasteiger partial charge in [0.1, 0.15) is 0 Å². The molecule has 0 spiro atoms. The Labute approximate surface area is 120 Å². The molecule has 0 saturated heterocycles. The number of aliphatic hydroxyl groups is 1. The summed E-state index contributed by atoms with van der Waals surface area (Å²) in [6, 6.07) is 5.06. The molecular formula is C12H12Cl2N2O3. The molecule has 0 bridgehead atoms. The van der Waals surface area contributed by atoms with E-state index in [4.69, 9.17) is 32.5 Å². The highest BCUT2D eigenvalue weighted by atomic mass is 35.5. The van der Waals surface area contributed by atoms with Crippen molar-refractivity contribution in [2.75, 3.05) is 13.7 Å². The number of nitrogens with zero attached hydrogens (tertiary/aromatic N) is 2. The first-order chi connectivity index (χ1) is 9.10. The number of aromatic nitrogens is 2. The van der Waals surface area contributed by atoms with Crippen LogP contribution in [0.25, 0.3) is 11.4 Å². The van der Waals surface area contributed by atoms with Crippen molar-refractivity contribution in [3.05, 3.63) is 34.1 Å². The van der Waals surface area contributed by atoms with Crippen LogP contribution in [0.2, 0.25) is 10.0 Å². The van der Waals surface area contributed by atoms with E-state index in [1.807, 2.05) is 0 Å². The summed E-state index contributed by atoms with van der Waals surface area (Å²) in [5, 5.41) is 14.3. The molecule has 1 atom stereocenters. The van der Waals surface area contributed by atoms with Crippen molar-refractivity contribution < 1.29 is 14.4 Å². The third kappa shape index (κ3) is 3.67. The molecular weight excluding hydrogens is 291 g/mol. The molecule has 2 aromatic rings. The molecule has 5 nitrogen and oxygen atoms in total. The van der Waals surface area contributed by atoms with E-state index in [9.17, 15) is 5.11 Å². The average Bonchev–Trinajstić information content (AvgIpc) is 2.81. The topological polar surface area (TPSA) is 68.4 Å². The van der Waals surface area contributed by atoms with Crippen molar-refractivity contribution in [2.45, 2.75) is 12.5 Å². The van der Waals surface area contributed by atoms with Gasteiger partial charge in [0, 0.05) is 12.7 Å². The van der Waals surface area contributed by atoms with Crippen LogP contribution in [0.5, 0.6) is 0 Å². The Hall–Kier alpha value is -1.14. The summed E-state index contributed by atoms with van der Waals surface area (Å²) in [7, 11) is 1.51. The van der Waals surface area contributed by atoms with Gasteiger partial charge in [0.25, 0.3) is 0 Å². The second-order valence-corrected chi connectivity index (χ2v) is 4.77. The van der Waals surface area contributed by atoms with Crippen LogP contribution in [0, 0.1) is 0 Å². The van der Waals surface area contributed by atoms with Crippen LogP contribution in [-0.2, 0) is 11.2 Å². The Kier molecular flexibility index (Phi) is 4.76. The van der Waals surface area contributed by atoms with Crippen molar-refractivity contribution in [1.29, 1.82) is 0 Å². The summed E-state index contributed by atoms with van der Waals surface area (Å²) in [5.74, 6) is 0.740. The maximum Gasteiger partial charge on any atom is 0.229 e. The molecule has 1 unspecified atom stereocenters. The van der Waals surface area contributed by atoms with Crippen LogP contribution in [0.1, 0.15) is 5.89 Å². The minimum atomic E-state index is -0.674. The molecule has 0 saturated carbocycles. The van der Waals surface area contributed by atoms with Gasteiger partial charge in [-0.15, -0.1) is 0 Å². The fourth-order valence-electron chi connectivity index (χ4n) is 1.54. The SMILES string of the molecule is COCC(O)Cc1nc(-c2ccc(Cl)c(Cl)c2)no1. The van der Waals surface area contributed by atoms with Gasteiger partial charge < -0.3 is 14.4 Å².